The summed E-state index contributed by atoms with van der Waals surface area (Å²) in [6.45, 7) is 1.54. The molecule has 0 aliphatic carbocycles. The summed E-state index contributed by atoms with van der Waals surface area (Å²) in [5.74, 6) is 0.404. The minimum absolute atomic E-state index is 0.171. The normalized spacial score (nSPS) is 11.9. The number of aromatic nitrogens is 3. The highest BCUT2D eigenvalue weighted by molar-refractivity contribution is 5.44. The summed E-state index contributed by atoms with van der Waals surface area (Å²) in [6, 6.07) is 5.57. The van der Waals surface area contributed by atoms with Crippen LogP contribution in [0.5, 0.6) is 0 Å². The zero-order valence-electron chi connectivity index (χ0n) is 9.67. The Morgan fingerprint density at radius 2 is 2.12 bits per heavy atom. The van der Waals surface area contributed by atoms with Gasteiger partial charge in [0.2, 0.25) is 5.95 Å². The first-order valence-corrected chi connectivity index (χ1v) is 5.54. The van der Waals surface area contributed by atoms with Crippen LogP contribution in [0.25, 0.3) is 5.65 Å². The lowest BCUT2D eigenvalue weighted by atomic mass is 9.99. The van der Waals surface area contributed by atoms with Gasteiger partial charge in [0.25, 0.3) is 0 Å². The first-order chi connectivity index (χ1) is 8.23. The van der Waals surface area contributed by atoms with Crippen molar-refractivity contribution < 1.29 is 10.2 Å². The van der Waals surface area contributed by atoms with Crippen LogP contribution in [0.2, 0.25) is 0 Å². The average molecular weight is 236 g/mol. The lowest BCUT2D eigenvalue weighted by Crippen LogP contribution is -2.45. The van der Waals surface area contributed by atoms with E-state index in [1.807, 2.05) is 25.1 Å². The van der Waals surface area contributed by atoms with E-state index in [9.17, 15) is 10.2 Å². The smallest absolute Gasteiger partial charge is 0.243 e. The number of pyridine rings is 1. The van der Waals surface area contributed by atoms with Gasteiger partial charge < -0.3 is 15.5 Å². The Balaban J connectivity index is 2.28. The van der Waals surface area contributed by atoms with Gasteiger partial charge in [0.1, 0.15) is 0 Å². The molecule has 6 nitrogen and oxygen atoms in total. The van der Waals surface area contributed by atoms with Gasteiger partial charge >= 0.3 is 0 Å². The fourth-order valence-electron chi connectivity index (χ4n) is 1.56. The Hall–Kier alpha value is -1.66. The molecule has 0 saturated carbocycles. The lowest BCUT2D eigenvalue weighted by Gasteiger charge is -2.28. The number of nitrogens with one attached hydrogen (secondary N) is 1. The van der Waals surface area contributed by atoms with Crippen molar-refractivity contribution in [3.63, 3.8) is 0 Å². The second-order valence-corrected chi connectivity index (χ2v) is 4.01. The summed E-state index contributed by atoms with van der Waals surface area (Å²) >= 11 is 0. The van der Waals surface area contributed by atoms with E-state index in [0.29, 0.717) is 12.4 Å². The molecule has 0 aromatic carbocycles. The maximum Gasteiger partial charge on any atom is 0.243 e. The summed E-state index contributed by atoms with van der Waals surface area (Å²) in [5, 5.41) is 25.9. The maximum absolute atomic E-state index is 9.33. The highest BCUT2D eigenvalue weighted by Gasteiger charge is 2.27. The molecule has 92 valence electrons. The molecule has 2 heterocycles. The Labute approximate surface area is 98.9 Å². The van der Waals surface area contributed by atoms with Crippen LogP contribution >= 0.6 is 0 Å². The predicted octanol–water partition coefficient (Wildman–Crippen LogP) is 0.275. The number of hydrogen-bond acceptors (Lipinski definition) is 5. The van der Waals surface area contributed by atoms with Crippen LogP contribution in [0.3, 0.4) is 0 Å². The third-order valence-corrected chi connectivity index (χ3v) is 2.90. The van der Waals surface area contributed by atoms with Crippen molar-refractivity contribution >= 4 is 11.6 Å². The first-order valence-electron chi connectivity index (χ1n) is 5.54. The van der Waals surface area contributed by atoms with Crippen LogP contribution in [0.4, 0.5) is 5.95 Å². The standard InChI is InChI=1S/C11H16N4O2/c1-2-11(7-16,8-17)13-10-12-9-5-3-4-6-15(9)14-10/h3-6,16-17H,2,7-8H2,1H3,(H,13,14). The summed E-state index contributed by atoms with van der Waals surface area (Å²) in [7, 11) is 0. The monoisotopic (exact) mass is 236 g/mol. The Bertz CT molecular complexity index is 452. The van der Waals surface area contributed by atoms with Gasteiger partial charge in [-0.15, -0.1) is 5.10 Å². The van der Waals surface area contributed by atoms with Crippen LogP contribution in [0.15, 0.2) is 24.4 Å². The molecule has 0 unspecified atom stereocenters. The van der Waals surface area contributed by atoms with Crippen LogP contribution in [-0.4, -0.2) is 43.6 Å². The highest BCUT2D eigenvalue weighted by atomic mass is 16.3. The fraction of sp³-hybridized carbons (Fsp3) is 0.455. The molecule has 2 aromatic rings. The topological polar surface area (TPSA) is 82.7 Å². The summed E-state index contributed by atoms with van der Waals surface area (Å²) in [6.07, 6.45) is 2.37. The molecule has 0 aliphatic rings. The van der Waals surface area contributed by atoms with Gasteiger partial charge in [-0.05, 0) is 18.6 Å². The van der Waals surface area contributed by atoms with Gasteiger partial charge in [0.05, 0.1) is 18.8 Å². The summed E-state index contributed by atoms with van der Waals surface area (Å²) in [4.78, 5) is 4.26. The van der Waals surface area contributed by atoms with E-state index in [4.69, 9.17) is 0 Å². The first kappa shape index (κ1) is 11.8. The molecule has 0 spiro atoms. The van der Waals surface area contributed by atoms with Gasteiger partial charge in [-0.25, -0.2) is 4.52 Å². The second kappa shape index (κ2) is 4.68. The molecule has 0 atom stereocenters. The van der Waals surface area contributed by atoms with Gasteiger partial charge in [-0.2, -0.15) is 4.98 Å². The summed E-state index contributed by atoms with van der Waals surface area (Å²) < 4.78 is 1.64. The number of hydrogen-bond donors (Lipinski definition) is 3. The van der Waals surface area contributed by atoms with Gasteiger partial charge in [0, 0.05) is 6.20 Å². The zero-order valence-corrected chi connectivity index (χ0v) is 9.67. The van der Waals surface area contributed by atoms with Crippen LogP contribution in [0.1, 0.15) is 13.3 Å². The fourth-order valence-corrected chi connectivity index (χ4v) is 1.56. The second-order valence-electron chi connectivity index (χ2n) is 4.01. The molecular weight excluding hydrogens is 220 g/mol. The van der Waals surface area contributed by atoms with Crippen molar-refractivity contribution in [3.8, 4) is 0 Å². The van der Waals surface area contributed by atoms with Gasteiger partial charge in [-0.3, -0.25) is 0 Å². The van der Waals surface area contributed by atoms with Crippen molar-refractivity contribution in [2.75, 3.05) is 18.5 Å². The Morgan fingerprint density at radius 3 is 2.71 bits per heavy atom. The lowest BCUT2D eigenvalue weighted by molar-refractivity contribution is 0.132. The molecule has 2 aromatic heterocycles. The minimum Gasteiger partial charge on any atom is -0.394 e. The largest absolute Gasteiger partial charge is 0.394 e. The van der Waals surface area contributed by atoms with Crippen molar-refractivity contribution in [2.45, 2.75) is 18.9 Å². The highest BCUT2D eigenvalue weighted by Crippen LogP contribution is 2.15. The SMILES string of the molecule is CCC(CO)(CO)Nc1nc2ccccn2n1. The molecular formula is C11H16N4O2. The molecule has 0 saturated heterocycles. The van der Waals surface area contributed by atoms with Gasteiger partial charge in [-0.1, -0.05) is 13.0 Å². The maximum atomic E-state index is 9.33. The third kappa shape index (κ3) is 2.22. The zero-order chi connectivity index (χ0) is 12.3. The van der Waals surface area contributed by atoms with E-state index in [1.54, 1.807) is 10.7 Å². The quantitative estimate of drug-likeness (QED) is 0.694. The van der Waals surface area contributed by atoms with E-state index in [0.717, 1.165) is 5.65 Å². The molecule has 3 N–H and O–H groups in total. The molecule has 0 amide bonds. The number of nitrogens with zero attached hydrogens (tertiary/aromatic N) is 3. The van der Waals surface area contributed by atoms with E-state index in [-0.39, 0.29) is 13.2 Å². The number of anilines is 1. The molecule has 0 fully saturated rings. The number of fused-ring (bicyclic) bond motifs is 1. The third-order valence-electron chi connectivity index (χ3n) is 2.90. The predicted molar refractivity (Wildman–Crippen MR) is 63.8 cm³/mol. The van der Waals surface area contributed by atoms with E-state index >= 15 is 0 Å². The Morgan fingerprint density at radius 1 is 1.35 bits per heavy atom. The van der Waals surface area contributed by atoms with Crippen molar-refractivity contribution in [1.82, 2.24) is 14.6 Å². The molecule has 0 bridgehead atoms. The number of rotatable bonds is 5. The van der Waals surface area contributed by atoms with Crippen molar-refractivity contribution in [3.05, 3.63) is 24.4 Å². The number of aliphatic hydroxyl groups is 2. The molecule has 0 radical (unpaired) electrons. The van der Waals surface area contributed by atoms with Crippen LogP contribution < -0.4 is 5.32 Å². The average Bonchev–Trinajstić information content (AvgIpc) is 2.78. The van der Waals surface area contributed by atoms with Crippen LogP contribution in [0, 0.1) is 0 Å². The minimum atomic E-state index is -0.773. The van der Waals surface area contributed by atoms with Crippen LogP contribution in [-0.2, 0) is 0 Å². The van der Waals surface area contributed by atoms with E-state index < -0.39 is 5.54 Å². The molecule has 6 heteroatoms. The molecule has 2 rings (SSSR count). The van der Waals surface area contributed by atoms with E-state index in [2.05, 4.69) is 15.4 Å². The van der Waals surface area contributed by atoms with E-state index in [1.165, 1.54) is 0 Å². The Kier molecular flexibility index (Phi) is 3.26. The molecule has 17 heavy (non-hydrogen) atoms. The van der Waals surface area contributed by atoms with Gasteiger partial charge in [0.15, 0.2) is 5.65 Å². The van der Waals surface area contributed by atoms with Crippen molar-refractivity contribution in [2.24, 2.45) is 0 Å². The van der Waals surface area contributed by atoms with Crippen molar-refractivity contribution in [1.29, 1.82) is 0 Å². The number of aliphatic hydroxyl groups excluding tert-OH is 2. The molecule has 0 aliphatic heterocycles. The summed E-state index contributed by atoms with van der Waals surface area (Å²) in [5.41, 5.74) is -0.0545.